The maximum atomic E-state index is 12.7. The molecular weight excluding hydrogens is 255 g/mol. The molecule has 6 heteroatoms. The molecule has 100 valence electrons. The Bertz CT molecular complexity index is 629. The van der Waals surface area contributed by atoms with Crippen molar-refractivity contribution in [1.82, 2.24) is 9.78 Å². The normalized spacial score (nSPS) is 14.7. The predicted molar refractivity (Wildman–Crippen MR) is 65.0 cm³/mol. The molecule has 0 aliphatic heterocycles. The fourth-order valence-electron chi connectivity index (χ4n) is 2.49. The Morgan fingerprint density at radius 2 is 2.00 bits per heavy atom. The smallest absolute Gasteiger partial charge is 0.382 e. The lowest BCUT2D eigenvalue weighted by molar-refractivity contribution is -0.137. The van der Waals surface area contributed by atoms with Gasteiger partial charge in [-0.05, 0) is 37.5 Å². The highest BCUT2D eigenvalue weighted by atomic mass is 19.4. The van der Waals surface area contributed by atoms with Crippen LogP contribution in [0.15, 0.2) is 24.3 Å². The quantitative estimate of drug-likeness (QED) is 0.863. The first-order valence-corrected chi connectivity index (χ1v) is 6.00. The van der Waals surface area contributed by atoms with Crippen LogP contribution in [0.25, 0.3) is 5.69 Å². The molecule has 1 aromatic carbocycles. The Labute approximate surface area is 107 Å². The van der Waals surface area contributed by atoms with E-state index in [-0.39, 0.29) is 0 Å². The summed E-state index contributed by atoms with van der Waals surface area (Å²) in [6.45, 7) is 0. The minimum absolute atomic E-state index is 0.407. The number of benzene rings is 1. The van der Waals surface area contributed by atoms with E-state index in [4.69, 9.17) is 5.73 Å². The molecule has 3 nitrogen and oxygen atoms in total. The van der Waals surface area contributed by atoms with Gasteiger partial charge in [0, 0.05) is 11.3 Å². The predicted octanol–water partition coefficient (Wildman–Crippen LogP) is 2.96. The van der Waals surface area contributed by atoms with Gasteiger partial charge in [0.05, 0.1) is 11.3 Å². The lowest BCUT2D eigenvalue weighted by atomic mass is 10.2. The van der Waals surface area contributed by atoms with E-state index in [1.807, 2.05) is 0 Å². The van der Waals surface area contributed by atoms with Crippen molar-refractivity contribution in [3.05, 3.63) is 41.1 Å². The van der Waals surface area contributed by atoms with Crippen molar-refractivity contribution in [3.63, 3.8) is 0 Å². The van der Waals surface area contributed by atoms with Crippen molar-refractivity contribution in [2.24, 2.45) is 0 Å². The van der Waals surface area contributed by atoms with Crippen LogP contribution in [0.4, 0.5) is 19.0 Å². The summed E-state index contributed by atoms with van der Waals surface area (Å²) in [7, 11) is 0. The van der Waals surface area contributed by atoms with Crippen LogP contribution in [0.3, 0.4) is 0 Å². The molecule has 3 rings (SSSR count). The van der Waals surface area contributed by atoms with Gasteiger partial charge in [0.25, 0.3) is 0 Å². The number of nitrogen functional groups attached to an aromatic ring is 1. The molecule has 1 heterocycles. The molecule has 1 aliphatic rings. The number of fused-ring (bicyclic) bond motifs is 1. The van der Waals surface area contributed by atoms with E-state index in [1.165, 1.54) is 10.7 Å². The van der Waals surface area contributed by atoms with Gasteiger partial charge in [0.2, 0.25) is 0 Å². The zero-order chi connectivity index (χ0) is 13.6. The van der Waals surface area contributed by atoms with Crippen molar-refractivity contribution in [2.45, 2.75) is 25.4 Å². The van der Waals surface area contributed by atoms with Crippen molar-refractivity contribution in [1.29, 1.82) is 0 Å². The molecule has 0 amide bonds. The lowest BCUT2D eigenvalue weighted by Gasteiger charge is -2.10. The zero-order valence-corrected chi connectivity index (χ0v) is 10.0. The number of anilines is 1. The summed E-state index contributed by atoms with van der Waals surface area (Å²) in [5, 5.41) is 4.15. The van der Waals surface area contributed by atoms with E-state index in [9.17, 15) is 13.2 Å². The van der Waals surface area contributed by atoms with E-state index < -0.39 is 11.7 Å². The first kappa shape index (κ1) is 12.1. The van der Waals surface area contributed by atoms with Gasteiger partial charge in [0.15, 0.2) is 0 Å². The minimum atomic E-state index is -4.35. The van der Waals surface area contributed by atoms with E-state index in [0.717, 1.165) is 42.7 Å². The Balaban J connectivity index is 2.11. The topological polar surface area (TPSA) is 43.8 Å². The van der Waals surface area contributed by atoms with Gasteiger partial charge < -0.3 is 5.73 Å². The van der Waals surface area contributed by atoms with Gasteiger partial charge in [-0.15, -0.1) is 0 Å². The van der Waals surface area contributed by atoms with Crippen LogP contribution in [-0.4, -0.2) is 9.78 Å². The van der Waals surface area contributed by atoms with E-state index in [2.05, 4.69) is 5.10 Å². The summed E-state index contributed by atoms with van der Waals surface area (Å²) >= 11 is 0. The summed E-state index contributed by atoms with van der Waals surface area (Å²) in [5.74, 6) is 0.421. The van der Waals surface area contributed by atoms with E-state index >= 15 is 0 Å². The largest absolute Gasteiger partial charge is 0.416 e. The standard InChI is InChI=1S/C13H12F3N3/c14-13(15,16)8-3-1-4-9(7-8)19-11-6-2-5-10(11)12(17)18-19/h1,3-4,7H,2,5-6H2,(H2,17,18). The number of hydrogen-bond acceptors (Lipinski definition) is 2. The molecule has 2 N–H and O–H groups in total. The van der Waals surface area contributed by atoms with Gasteiger partial charge in [-0.1, -0.05) is 6.07 Å². The van der Waals surface area contributed by atoms with Crippen LogP contribution in [-0.2, 0) is 19.0 Å². The molecule has 19 heavy (non-hydrogen) atoms. The molecule has 1 aromatic heterocycles. The highest BCUT2D eigenvalue weighted by Crippen LogP contribution is 2.32. The second-order valence-corrected chi connectivity index (χ2v) is 4.62. The second-order valence-electron chi connectivity index (χ2n) is 4.62. The highest BCUT2D eigenvalue weighted by Gasteiger charge is 2.31. The van der Waals surface area contributed by atoms with Gasteiger partial charge in [0.1, 0.15) is 5.82 Å². The van der Waals surface area contributed by atoms with Crippen LogP contribution in [0.2, 0.25) is 0 Å². The van der Waals surface area contributed by atoms with Crippen molar-refractivity contribution < 1.29 is 13.2 Å². The molecule has 0 bridgehead atoms. The number of nitrogens with zero attached hydrogens (tertiary/aromatic N) is 2. The summed E-state index contributed by atoms with van der Waals surface area (Å²) in [5.41, 5.74) is 7.43. The highest BCUT2D eigenvalue weighted by molar-refractivity contribution is 5.49. The molecule has 0 fully saturated rings. The third-order valence-corrected chi connectivity index (χ3v) is 3.38. The number of alkyl halides is 3. The molecule has 0 atom stereocenters. The third-order valence-electron chi connectivity index (χ3n) is 3.38. The van der Waals surface area contributed by atoms with Crippen molar-refractivity contribution >= 4 is 5.82 Å². The van der Waals surface area contributed by atoms with Gasteiger partial charge in [-0.25, -0.2) is 4.68 Å². The average molecular weight is 267 g/mol. The molecule has 0 spiro atoms. The van der Waals surface area contributed by atoms with Crippen LogP contribution in [0, 0.1) is 0 Å². The number of halogens is 3. The summed E-state index contributed by atoms with van der Waals surface area (Å²) < 4.78 is 39.7. The first-order valence-electron chi connectivity index (χ1n) is 6.00. The molecule has 2 aromatic rings. The zero-order valence-electron chi connectivity index (χ0n) is 10.0. The lowest BCUT2D eigenvalue weighted by Crippen LogP contribution is -2.07. The van der Waals surface area contributed by atoms with Crippen molar-refractivity contribution in [2.75, 3.05) is 5.73 Å². The minimum Gasteiger partial charge on any atom is -0.382 e. The van der Waals surface area contributed by atoms with Gasteiger partial charge in [-0.2, -0.15) is 18.3 Å². The second kappa shape index (κ2) is 4.01. The van der Waals surface area contributed by atoms with Crippen LogP contribution in [0.5, 0.6) is 0 Å². The Morgan fingerprint density at radius 3 is 2.74 bits per heavy atom. The summed E-state index contributed by atoms with van der Waals surface area (Å²) in [6, 6.07) is 5.15. The maximum absolute atomic E-state index is 12.7. The fourth-order valence-corrected chi connectivity index (χ4v) is 2.49. The number of nitrogens with two attached hydrogens (primary N) is 1. The van der Waals surface area contributed by atoms with Gasteiger partial charge >= 0.3 is 6.18 Å². The molecule has 0 unspecified atom stereocenters. The third kappa shape index (κ3) is 1.97. The Morgan fingerprint density at radius 1 is 1.21 bits per heavy atom. The van der Waals surface area contributed by atoms with Crippen LogP contribution < -0.4 is 5.73 Å². The monoisotopic (exact) mass is 267 g/mol. The first-order chi connectivity index (χ1) is 8.97. The van der Waals surface area contributed by atoms with Crippen LogP contribution in [0.1, 0.15) is 23.2 Å². The maximum Gasteiger partial charge on any atom is 0.416 e. The Hall–Kier alpha value is -1.98. The number of aromatic nitrogens is 2. The molecule has 0 saturated heterocycles. The fraction of sp³-hybridized carbons (Fsp3) is 0.308. The van der Waals surface area contributed by atoms with E-state index in [1.54, 1.807) is 6.07 Å². The number of rotatable bonds is 1. The Kier molecular flexibility index (Phi) is 2.55. The van der Waals surface area contributed by atoms with Crippen molar-refractivity contribution in [3.8, 4) is 5.69 Å². The SMILES string of the molecule is Nc1nn(-c2cccc(C(F)(F)F)c2)c2c1CCC2. The van der Waals surface area contributed by atoms with Gasteiger partial charge in [-0.3, -0.25) is 0 Å². The summed E-state index contributed by atoms with van der Waals surface area (Å²) in [4.78, 5) is 0. The molecule has 0 radical (unpaired) electrons. The summed E-state index contributed by atoms with van der Waals surface area (Å²) in [6.07, 6.45) is -1.73. The molecular formula is C13H12F3N3. The van der Waals surface area contributed by atoms with Crippen LogP contribution >= 0.6 is 0 Å². The number of hydrogen-bond donors (Lipinski definition) is 1. The average Bonchev–Trinajstić information content (AvgIpc) is 2.93. The molecule has 0 saturated carbocycles. The molecule has 1 aliphatic carbocycles. The van der Waals surface area contributed by atoms with E-state index in [0.29, 0.717) is 11.5 Å².